The Morgan fingerprint density at radius 3 is 2.39 bits per heavy atom. The van der Waals surface area contributed by atoms with Crippen LogP contribution >= 0.6 is 0 Å². The number of aromatic nitrogens is 2. The Balaban J connectivity index is 1.25. The lowest BCUT2D eigenvalue weighted by Crippen LogP contribution is -2.47. The fourth-order valence-corrected chi connectivity index (χ4v) is 6.13. The van der Waals surface area contributed by atoms with Crippen LogP contribution in [0.2, 0.25) is 0 Å². The number of hydrogen-bond acceptors (Lipinski definition) is 8. The summed E-state index contributed by atoms with van der Waals surface area (Å²) in [6, 6.07) is 6.31. The maximum absolute atomic E-state index is 12.7. The number of fused-ring (bicyclic) bond motifs is 3. The van der Waals surface area contributed by atoms with Crippen molar-refractivity contribution in [2.24, 2.45) is 5.92 Å². The minimum atomic E-state index is -2.30. The molecule has 0 bridgehead atoms. The summed E-state index contributed by atoms with van der Waals surface area (Å²) in [6.07, 6.45) is 3.96. The molecular formula is C28H38F2N6O2. The summed E-state index contributed by atoms with van der Waals surface area (Å²) < 4.78 is 25.5. The van der Waals surface area contributed by atoms with E-state index in [2.05, 4.69) is 33.4 Å². The van der Waals surface area contributed by atoms with Crippen LogP contribution in [0.25, 0.3) is 11.1 Å². The van der Waals surface area contributed by atoms with Crippen molar-refractivity contribution in [1.29, 1.82) is 0 Å². The SMILES string of the molecule is OC1CCC(N2c3nc(NCC4CC4)ncc3-c3ccc(CN4CCN(CC(F)F)CC4)cc3C2O)CC1. The maximum atomic E-state index is 12.7. The molecule has 0 spiro atoms. The van der Waals surface area contributed by atoms with Crippen molar-refractivity contribution in [3.8, 4) is 11.1 Å². The Labute approximate surface area is 222 Å². The molecule has 8 nitrogen and oxygen atoms in total. The number of aliphatic hydroxyl groups is 2. The van der Waals surface area contributed by atoms with E-state index < -0.39 is 12.7 Å². The molecule has 10 heteroatoms. The van der Waals surface area contributed by atoms with E-state index in [0.717, 1.165) is 60.5 Å². The largest absolute Gasteiger partial charge is 0.393 e. The van der Waals surface area contributed by atoms with Crippen LogP contribution in [0.5, 0.6) is 0 Å². The third-order valence-corrected chi connectivity index (χ3v) is 8.53. The first-order chi connectivity index (χ1) is 18.4. The van der Waals surface area contributed by atoms with E-state index in [1.807, 2.05) is 16.0 Å². The number of alkyl halides is 2. The minimum Gasteiger partial charge on any atom is -0.393 e. The number of halogens is 2. The topological polar surface area (TPSA) is 88.0 Å². The van der Waals surface area contributed by atoms with Crippen LogP contribution in [0, 0.1) is 5.92 Å². The molecule has 1 aromatic carbocycles. The fraction of sp³-hybridized carbons (Fsp3) is 0.643. The van der Waals surface area contributed by atoms with Gasteiger partial charge in [-0.1, -0.05) is 12.1 Å². The molecule has 1 atom stereocenters. The number of rotatable bonds is 8. The number of nitrogens with one attached hydrogen (secondary N) is 1. The number of hydrogen-bond donors (Lipinski definition) is 3. The van der Waals surface area contributed by atoms with Crippen LogP contribution in [0.15, 0.2) is 24.4 Å². The molecule has 3 fully saturated rings. The van der Waals surface area contributed by atoms with Gasteiger partial charge in [0.15, 0.2) is 6.23 Å². The molecule has 2 aliphatic heterocycles. The van der Waals surface area contributed by atoms with Gasteiger partial charge >= 0.3 is 0 Å². The molecular weight excluding hydrogens is 490 g/mol. The van der Waals surface area contributed by atoms with E-state index in [-0.39, 0.29) is 18.7 Å². The minimum absolute atomic E-state index is 0.0815. The second kappa shape index (κ2) is 11.0. The molecule has 4 aliphatic rings. The van der Waals surface area contributed by atoms with Crippen LogP contribution in [0.3, 0.4) is 0 Å². The van der Waals surface area contributed by atoms with Crippen molar-refractivity contribution in [3.63, 3.8) is 0 Å². The van der Waals surface area contributed by atoms with E-state index in [0.29, 0.717) is 44.3 Å². The average Bonchev–Trinajstić information content (AvgIpc) is 3.74. The molecule has 3 N–H and O–H groups in total. The molecule has 1 saturated heterocycles. The fourth-order valence-electron chi connectivity index (χ4n) is 6.13. The van der Waals surface area contributed by atoms with Gasteiger partial charge in [0.1, 0.15) is 5.82 Å². The third kappa shape index (κ3) is 5.64. The normalized spacial score (nSPS) is 26.3. The van der Waals surface area contributed by atoms with Gasteiger partial charge in [-0.25, -0.2) is 13.8 Å². The molecule has 206 valence electrons. The van der Waals surface area contributed by atoms with Gasteiger partial charge < -0.3 is 20.4 Å². The summed E-state index contributed by atoms with van der Waals surface area (Å²) in [5, 5.41) is 25.2. The van der Waals surface area contributed by atoms with Gasteiger partial charge in [0.25, 0.3) is 6.43 Å². The molecule has 2 saturated carbocycles. The van der Waals surface area contributed by atoms with Crippen molar-refractivity contribution >= 4 is 11.8 Å². The highest BCUT2D eigenvalue weighted by Gasteiger charge is 2.38. The molecule has 3 heterocycles. The molecule has 1 unspecified atom stereocenters. The van der Waals surface area contributed by atoms with E-state index in [1.165, 1.54) is 12.8 Å². The first-order valence-electron chi connectivity index (χ1n) is 14.1. The van der Waals surface area contributed by atoms with E-state index >= 15 is 0 Å². The second-order valence-electron chi connectivity index (χ2n) is 11.4. The molecule has 2 aromatic rings. The smallest absolute Gasteiger partial charge is 0.251 e. The van der Waals surface area contributed by atoms with Crippen molar-refractivity contribution < 1.29 is 19.0 Å². The Morgan fingerprint density at radius 1 is 0.947 bits per heavy atom. The lowest BCUT2D eigenvalue weighted by Gasteiger charge is -2.43. The summed E-state index contributed by atoms with van der Waals surface area (Å²) in [6.45, 7) is 4.19. The predicted octanol–water partition coefficient (Wildman–Crippen LogP) is 3.46. The summed E-state index contributed by atoms with van der Waals surface area (Å²) in [4.78, 5) is 15.7. The van der Waals surface area contributed by atoms with Gasteiger partial charge in [-0.3, -0.25) is 9.80 Å². The zero-order valence-electron chi connectivity index (χ0n) is 21.8. The van der Waals surface area contributed by atoms with Crippen LogP contribution in [-0.4, -0.2) is 87.8 Å². The van der Waals surface area contributed by atoms with Crippen molar-refractivity contribution in [3.05, 3.63) is 35.5 Å². The number of nitrogens with zero attached hydrogens (tertiary/aromatic N) is 5. The number of piperazine rings is 1. The lowest BCUT2D eigenvalue weighted by atomic mass is 9.87. The molecule has 2 aliphatic carbocycles. The first-order valence-corrected chi connectivity index (χ1v) is 14.1. The lowest BCUT2D eigenvalue weighted by molar-refractivity contribution is 0.0543. The van der Waals surface area contributed by atoms with E-state index in [4.69, 9.17) is 4.98 Å². The highest BCUT2D eigenvalue weighted by Crippen LogP contribution is 2.46. The summed E-state index contributed by atoms with van der Waals surface area (Å²) >= 11 is 0. The van der Waals surface area contributed by atoms with Gasteiger partial charge in [0, 0.05) is 62.6 Å². The number of anilines is 2. The zero-order chi connectivity index (χ0) is 26.2. The van der Waals surface area contributed by atoms with Gasteiger partial charge in [-0.05, 0) is 61.6 Å². The van der Waals surface area contributed by atoms with Crippen LogP contribution < -0.4 is 10.2 Å². The highest BCUT2D eigenvalue weighted by atomic mass is 19.3. The maximum Gasteiger partial charge on any atom is 0.251 e. The highest BCUT2D eigenvalue weighted by molar-refractivity contribution is 5.82. The van der Waals surface area contributed by atoms with Crippen LogP contribution in [0.1, 0.15) is 55.9 Å². The van der Waals surface area contributed by atoms with E-state index in [1.54, 1.807) is 0 Å². The van der Waals surface area contributed by atoms with Crippen molar-refractivity contribution in [2.45, 2.75) is 69.9 Å². The van der Waals surface area contributed by atoms with E-state index in [9.17, 15) is 19.0 Å². The molecule has 0 amide bonds. The summed E-state index contributed by atoms with van der Waals surface area (Å²) in [5.74, 6) is 2.04. The average molecular weight is 529 g/mol. The summed E-state index contributed by atoms with van der Waals surface area (Å²) in [7, 11) is 0. The Bertz CT molecular complexity index is 1120. The van der Waals surface area contributed by atoms with Gasteiger partial charge in [-0.2, -0.15) is 4.98 Å². The van der Waals surface area contributed by atoms with Crippen LogP contribution in [-0.2, 0) is 6.54 Å². The van der Waals surface area contributed by atoms with Gasteiger partial charge in [-0.15, -0.1) is 0 Å². The van der Waals surface area contributed by atoms with Gasteiger partial charge in [0.2, 0.25) is 5.95 Å². The Morgan fingerprint density at radius 2 is 1.68 bits per heavy atom. The molecule has 6 rings (SSSR count). The Hall–Kier alpha value is -2.40. The molecule has 38 heavy (non-hydrogen) atoms. The second-order valence-corrected chi connectivity index (χ2v) is 11.4. The monoisotopic (exact) mass is 528 g/mol. The quantitative estimate of drug-likeness (QED) is 0.480. The number of benzene rings is 1. The predicted molar refractivity (Wildman–Crippen MR) is 142 cm³/mol. The van der Waals surface area contributed by atoms with Crippen molar-refractivity contribution in [1.82, 2.24) is 19.8 Å². The Kier molecular flexibility index (Phi) is 7.48. The van der Waals surface area contributed by atoms with Crippen LogP contribution in [0.4, 0.5) is 20.5 Å². The zero-order valence-corrected chi connectivity index (χ0v) is 21.8. The standard InChI is InChI=1S/C28H38F2N6O2/c29-25(30)17-35-11-9-34(10-12-35)16-19-3-8-22-23(13-19)27(38)36(20-4-6-21(37)7-5-20)26-24(22)15-32-28(33-26)31-14-18-1-2-18/h3,8,13,15,18,20-21,25,27,37-38H,1-2,4-7,9-12,14,16-17H2,(H,31,32,33). The van der Waals surface area contributed by atoms with Gasteiger partial charge in [0.05, 0.1) is 12.6 Å². The third-order valence-electron chi connectivity index (χ3n) is 8.53. The first kappa shape index (κ1) is 25.9. The molecule has 1 aromatic heterocycles. The molecule has 0 radical (unpaired) electrons. The van der Waals surface area contributed by atoms with Crippen molar-refractivity contribution in [2.75, 3.05) is 49.5 Å². The number of aliphatic hydroxyl groups excluding tert-OH is 2. The summed E-state index contributed by atoms with van der Waals surface area (Å²) in [5.41, 5.74) is 3.80.